The molecule has 0 saturated heterocycles. The first-order valence-electron chi connectivity index (χ1n) is 21.2. The molecule has 4 unspecified atom stereocenters. The number of allylic oxidation sites excluding steroid dienone is 8. The molecule has 353 valence electrons. The molecule has 0 aromatic heterocycles. The Morgan fingerprint density at radius 2 is 0.984 bits per heavy atom. The summed E-state index contributed by atoms with van der Waals surface area (Å²) in [6.07, 6.45) is 22.7. The number of hydrogen-bond acceptors (Lipinski definition) is 9. The van der Waals surface area contributed by atoms with Crippen LogP contribution in [0.5, 0.6) is 0 Å². The molecule has 0 amide bonds. The van der Waals surface area contributed by atoms with Gasteiger partial charge in [-0.1, -0.05) is 97.5 Å². The van der Waals surface area contributed by atoms with Gasteiger partial charge in [-0.15, -0.1) is 0 Å². The standard InChI is InChI=1S/C14H27N.C10H16Cl2O.C10H16O2.C10H18O.C4H11N.CH2O3.2K/c1-12(2)8-7-9-13(3)10-11-15-14(4,5)6;1-8(2)5-4-6-9(3)10(11,12)7-13;1-8(2)5-4-6-9(3)10(12)7-11;1-9(2)5-4-6-10(3)7-8-11;1-4(2,3)5;2-1-4-3;;/h8,11,13H,7,9-10H2,1-6H3;5,7,9H,4,6H2,1-3H3;5,7,9H,4,6H2,1-3H3;5,8,10H,4,6-7H2,1-3H3;5H2,1-3H3;1,3H;;/q;;;;;;;+1/p-1. The molecular formula is C49H89Cl2K2N2O7. The quantitative estimate of drug-likeness (QED) is 0.0175. The van der Waals surface area contributed by atoms with Crippen molar-refractivity contribution < 1.29 is 85.5 Å². The van der Waals surface area contributed by atoms with E-state index in [0.29, 0.717) is 24.9 Å². The number of rotatable bonds is 21. The van der Waals surface area contributed by atoms with E-state index in [9.17, 15) is 19.2 Å². The molecule has 0 aromatic carbocycles. The average molecular weight is 967 g/mol. The van der Waals surface area contributed by atoms with Crippen molar-refractivity contribution in [3.05, 3.63) is 46.6 Å². The third-order valence-electron chi connectivity index (χ3n) is 7.67. The minimum atomic E-state index is -1.23. The van der Waals surface area contributed by atoms with Crippen LogP contribution in [0.1, 0.15) is 189 Å². The Morgan fingerprint density at radius 1 is 0.661 bits per heavy atom. The van der Waals surface area contributed by atoms with Crippen molar-refractivity contribution >= 4 is 112 Å². The molecule has 0 heterocycles. The second-order valence-electron chi connectivity index (χ2n) is 18.4. The summed E-state index contributed by atoms with van der Waals surface area (Å²) < 4.78 is -1.23. The van der Waals surface area contributed by atoms with Gasteiger partial charge in [0.15, 0.2) is 22.7 Å². The Labute approximate surface area is 476 Å². The van der Waals surface area contributed by atoms with Crippen molar-refractivity contribution in [3.63, 3.8) is 0 Å². The number of alkyl halides is 2. The first-order valence-corrected chi connectivity index (χ1v) is 22.0. The van der Waals surface area contributed by atoms with Gasteiger partial charge >= 0.3 is 51.4 Å². The van der Waals surface area contributed by atoms with E-state index in [-0.39, 0.29) is 138 Å². The van der Waals surface area contributed by atoms with Gasteiger partial charge in [0, 0.05) is 69.3 Å². The van der Waals surface area contributed by atoms with Crippen LogP contribution in [0.4, 0.5) is 0 Å². The summed E-state index contributed by atoms with van der Waals surface area (Å²) in [5, 5.41) is 8.43. The number of aliphatic imine (C=N–C) groups is 1. The van der Waals surface area contributed by atoms with E-state index in [0.717, 1.165) is 57.1 Å². The van der Waals surface area contributed by atoms with Crippen molar-refractivity contribution in [2.75, 3.05) is 0 Å². The van der Waals surface area contributed by atoms with Crippen molar-refractivity contribution in [1.29, 1.82) is 0 Å². The number of carbonyl (C=O) groups is 5. The van der Waals surface area contributed by atoms with E-state index >= 15 is 0 Å². The molecule has 0 fully saturated rings. The molecule has 1 radical (unpaired) electrons. The van der Waals surface area contributed by atoms with Crippen LogP contribution in [0.2, 0.25) is 0 Å². The second-order valence-corrected chi connectivity index (χ2v) is 19.9. The zero-order valence-electron chi connectivity index (χ0n) is 43.2. The van der Waals surface area contributed by atoms with Crippen molar-refractivity contribution in [2.24, 2.45) is 34.4 Å². The molecule has 13 heteroatoms. The van der Waals surface area contributed by atoms with Crippen molar-refractivity contribution in [1.82, 2.24) is 0 Å². The van der Waals surface area contributed by atoms with Crippen LogP contribution in [0.3, 0.4) is 0 Å². The molecule has 9 nitrogen and oxygen atoms in total. The van der Waals surface area contributed by atoms with E-state index in [2.05, 4.69) is 103 Å². The molecule has 0 spiro atoms. The molecule has 0 aromatic rings. The van der Waals surface area contributed by atoms with E-state index in [1.807, 2.05) is 55.4 Å². The maximum Gasteiger partial charge on any atom is 1.00 e. The maximum atomic E-state index is 10.8. The normalized spacial score (nSPS) is 12.1. The summed E-state index contributed by atoms with van der Waals surface area (Å²) in [4.78, 5) is 57.2. The van der Waals surface area contributed by atoms with Gasteiger partial charge in [0.2, 0.25) is 0 Å². The molecule has 2 N–H and O–H groups in total. The fourth-order valence-corrected chi connectivity index (χ4v) is 4.25. The zero-order valence-corrected chi connectivity index (χ0v) is 51.0. The second kappa shape index (κ2) is 51.0. The van der Waals surface area contributed by atoms with Gasteiger partial charge in [-0.2, -0.15) is 0 Å². The summed E-state index contributed by atoms with van der Waals surface area (Å²) in [5.74, 6) is 0.856. The van der Waals surface area contributed by atoms with Crippen LogP contribution in [-0.4, -0.2) is 104 Å². The topological polar surface area (TPSA) is 156 Å². The van der Waals surface area contributed by atoms with E-state index in [1.165, 1.54) is 35.1 Å². The number of Topliss-reactive ketones (excluding diaryl/α,β-unsaturated/α-hetero) is 1. The third kappa shape index (κ3) is 84.0. The smallest absolute Gasteiger partial charge is 0.662 e. The number of nitrogens with two attached hydrogens (primary N) is 1. The molecule has 0 rings (SSSR count). The molecular weight excluding hydrogens is 878 g/mol. The fraction of sp³-hybridized carbons (Fsp3) is 0.714. The number of nitrogens with zero attached hydrogens (tertiary/aromatic N) is 1. The summed E-state index contributed by atoms with van der Waals surface area (Å²) in [6, 6.07) is 0. The van der Waals surface area contributed by atoms with Crippen LogP contribution < -0.4 is 62.4 Å². The largest absolute Gasteiger partial charge is 1.00 e. The number of ketones is 1. The third-order valence-corrected chi connectivity index (χ3v) is 8.59. The maximum absolute atomic E-state index is 10.8. The Bertz CT molecular complexity index is 1250. The molecule has 0 bridgehead atoms. The number of aldehydes is 3. The minimum Gasteiger partial charge on any atom is -0.662 e. The van der Waals surface area contributed by atoms with Crippen molar-refractivity contribution in [2.45, 2.75) is 204 Å². The molecule has 4 atom stereocenters. The molecule has 62 heavy (non-hydrogen) atoms. The van der Waals surface area contributed by atoms with Gasteiger partial charge in [0.25, 0.3) is 6.47 Å². The van der Waals surface area contributed by atoms with E-state index in [1.54, 1.807) is 6.92 Å². The number of hydrogen-bond donors (Lipinski definition) is 1. The minimum absolute atomic E-state index is 0. The van der Waals surface area contributed by atoms with Gasteiger partial charge in [0.1, 0.15) is 6.29 Å². The van der Waals surface area contributed by atoms with E-state index < -0.39 is 4.33 Å². The Morgan fingerprint density at radius 3 is 1.26 bits per heavy atom. The predicted molar refractivity (Wildman–Crippen MR) is 263 cm³/mol. The Balaban J connectivity index is -0.0000000973. The van der Waals surface area contributed by atoms with Crippen molar-refractivity contribution in [3.8, 4) is 0 Å². The summed E-state index contributed by atoms with van der Waals surface area (Å²) in [5.41, 5.74) is 10.7. The Kier molecular flexibility index (Phi) is 65.4. The van der Waals surface area contributed by atoms with Gasteiger partial charge < -0.3 is 25.5 Å². The molecule has 0 saturated carbocycles. The summed E-state index contributed by atoms with van der Waals surface area (Å²) >= 11 is 11.5. The zero-order chi connectivity index (χ0) is 48.5. The average Bonchev–Trinajstić information content (AvgIpc) is 3.10. The summed E-state index contributed by atoms with van der Waals surface area (Å²) in [6.45, 7) is 36.9. The van der Waals surface area contributed by atoms with E-state index in [4.69, 9.17) is 39.0 Å². The van der Waals surface area contributed by atoms with Crippen LogP contribution in [0.25, 0.3) is 0 Å². The van der Waals surface area contributed by atoms with Gasteiger partial charge in [-0.25, -0.2) is 0 Å². The SMILES string of the molecule is CC(C)(C)N.CC(C)=CCCC(C)C(=O)C=O.CC(C)=CCCC(C)C(Cl)(Cl)C=O.CC(C)=CCCC(C)CC=NC(C)(C)C.CC(C)=CCCC(C)CC=O.O=CO[O-].[K+].[K]. The Hall–Kier alpha value is 0.553. The first kappa shape index (κ1) is 79.6. The number of carbonyl (C=O) groups excluding carboxylic acids is 5. The van der Waals surface area contributed by atoms with Gasteiger partial charge in [0.05, 0.1) is 5.54 Å². The molecule has 0 aliphatic heterocycles. The van der Waals surface area contributed by atoms with Gasteiger partial charge in [-0.05, 0) is 179 Å². The molecule has 0 aliphatic carbocycles. The first-order chi connectivity index (χ1) is 27.4. The predicted octanol–water partition coefficient (Wildman–Crippen LogP) is 9.27. The van der Waals surface area contributed by atoms with Crippen LogP contribution in [-0.2, 0) is 28.9 Å². The molecule has 0 aliphatic rings. The summed E-state index contributed by atoms with van der Waals surface area (Å²) in [7, 11) is 0. The van der Waals surface area contributed by atoms with Crippen LogP contribution in [0.15, 0.2) is 51.6 Å². The van der Waals surface area contributed by atoms with Crippen LogP contribution >= 0.6 is 23.2 Å². The van der Waals surface area contributed by atoms with Crippen LogP contribution in [0, 0.1) is 23.7 Å². The number of halogens is 2. The fourth-order valence-electron chi connectivity index (χ4n) is 4.03. The monoisotopic (exact) mass is 966 g/mol. The van der Waals surface area contributed by atoms with Gasteiger partial charge in [-0.3, -0.25) is 19.4 Å².